The first kappa shape index (κ1) is 11.4. The number of benzene rings is 1. The molecule has 0 radical (unpaired) electrons. The van der Waals surface area contributed by atoms with Crippen molar-refractivity contribution >= 4 is 12.6 Å². The highest BCUT2D eigenvalue weighted by molar-refractivity contribution is 7.80. The predicted octanol–water partition coefficient (Wildman–Crippen LogP) is 3.59. The minimum absolute atomic E-state index is 0.109. The molecule has 0 saturated carbocycles. The van der Waals surface area contributed by atoms with Crippen LogP contribution in [0.3, 0.4) is 0 Å². The van der Waals surface area contributed by atoms with Gasteiger partial charge in [-0.1, -0.05) is 20.8 Å². The SMILES string of the molecule is COc1cc(C(C)(C)C)c(S)cc1C. The van der Waals surface area contributed by atoms with Crippen molar-refractivity contribution in [2.75, 3.05) is 7.11 Å². The van der Waals surface area contributed by atoms with E-state index in [0.29, 0.717) is 0 Å². The molecule has 0 aliphatic carbocycles. The van der Waals surface area contributed by atoms with E-state index in [1.54, 1.807) is 7.11 Å². The smallest absolute Gasteiger partial charge is 0.122 e. The summed E-state index contributed by atoms with van der Waals surface area (Å²) in [5, 5.41) is 0. The fraction of sp³-hybridized carbons (Fsp3) is 0.500. The lowest BCUT2D eigenvalue weighted by atomic mass is 9.86. The number of aryl methyl sites for hydroxylation is 1. The summed E-state index contributed by atoms with van der Waals surface area (Å²) in [7, 11) is 1.70. The van der Waals surface area contributed by atoms with Crippen molar-refractivity contribution in [3.63, 3.8) is 0 Å². The van der Waals surface area contributed by atoms with Crippen molar-refractivity contribution in [1.29, 1.82) is 0 Å². The van der Waals surface area contributed by atoms with Gasteiger partial charge in [-0.25, -0.2) is 0 Å². The molecule has 2 heteroatoms. The molecule has 78 valence electrons. The molecule has 0 aliphatic heterocycles. The van der Waals surface area contributed by atoms with Gasteiger partial charge in [0.1, 0.15) is 5.75 Å². The Labute approximate surface area is 91.9 Å². The lowest BCUT2D eigenvalue weighted by Crippen LogP contribution is -2.12. The Kier molecular flexibility index (Phi) is 3.15. The molecule has 0 amide bonds. The first-order valence-corrected chi connectivity index (χ1v) is 5.19. The summed E-state index contributed by atoms with van der Waals surface area (Å²) < 4.78 is 5.30. The average Bonchev–Trinajstić information content (AvgIpc) is 2.02. The van der Waals surface area contributed by atoms with E-state index < -0.39 is 0 Å². The molecule has 0 saturated heterocycles. The lowest BCUT2D eigenvalue weighted by Gasteiger charge is -2.22. The maximum atomic E-state index is 5.30. The van der Waals surface area contributed by atoms with Crippen LogP contribution in [0.25, 0.3) is 0 Å². The summed E-state index contributed by atoms with van der Waals surface area (Å²) in [5.74, 6) is 0.938. The van der Waals surface area contributed by atoms with Crippen LogP contribution in [-0.4, -0.2) is 7.11 Å². The molecule has 1 aromatic rings. The van der Waals surface area contributed by atoms with Gasteiger partial charge in [-0.2, -0.15) is 0 Å². The number of rotatable bonds is 1. The summed E-state index contributed by atoms with van der Waals surface area (Å²) in [6.07, 6.45) is 0. The molecule has 14 heavy (non-hydrogen) atoms. The van der Waals surface area contributed by atoms with Gasteiger partial charge in [0, 0.05) is 4.90 Å². The first-order chi connectivity index (χ1) is 6.36. The van der Waals surface area contributed by atoms with Gasteiger partial charge in [0.25, 0.3) is 0 Å². The van der Waals surface area contributed by atoms with Crippen LogP contribution in [0, 0.1) is 6.92 Å². The van der Waals surface area contributed by atoms with E-state index in [2.05, 4.69) is 45.5 Å². The molecule has 0 heterocycles. The summed E-state index contributed by atoms with van der Waals surface area (Å²) >= 11 is 4.49. The molecule has 1 rings (SSSR count). The van der Waals surface area contributed by atoms with Crippen molar-refractivity contribution in [3.05, 3.63) is 23.3 Å². The Morgan fingerprint density at radius 3 is 2.21 bits per heavy atom. The van der Waals surface area contributed by atoms with Crippen molar-refractivity contribution in [3.8, 4) is 5.75 Å². The van der Waals surface area contributed by atoms with Crippen LogP contribution < -0.4 is 4.74 Å². The van der Waals surface area contributed by atoms with E-state index in [4.69, 9.17) is 4.74 Å². The van der Waals surface area contributed by atoms with Gasteiger partial charge in [0.15, 0.2) is 0 Å². The Hall–Kier alpha value is -0.630. The minimum Gasteiger partial charge on any atom is -0.496 e. The number of hydrogen-bond donors (Lipinski definition) is 1. The quantitative estimate of drug-likeness (QED) is 0.697. The summed E-state index contributed by atoms with van der Waals surface area (Å²) in [6.45, 7) is 8.56. The van der Waals surface area contributed by atoms with Crippen LogP contribution in [0.1, 0.15) is 31.9 Å². The molecule has 0 spiro atoms. The number of methoxy groups -OCH3 is 1. The standard InChI is InChI=1S/C12H18OS/c1-8-6-11(14)9(12(2,3)4)7-10(8)13-5/h6-7,14H,1-5H3. The predicted molar refractivity (Wildman–Crippen MR) is 63.7 cm³/mol. The zero-order valence-corrected chi connectivity index (χ0v) is 10.4. The molecular formula is C12H18OS. The van der Waals surface area contributed by atoms with Crippen LogP contribution in [0.4, 0.5) is 0 Å². The number of hydrogen-bond acceptors (Lipinski definition) is 2. The maximum absolute atomic E-state index is 5.30. The monoisotopic (exact) mass is 210 g/mol. The van der Waals surface area contributed by atoms with Gasteiger partial charge in [0.05, 0.1) is 7.11 Å². The third-order valence-corrected chi connectivity index (χ3v) is 2.69. The maximum Gasteiger partial charge on any atom is 0.122 e. The van der Waals surface area contributed by atoms with E-state index in [-0.39, 0.29) is 5.41 Å². The van der Waals surface area contributed by atoms with Crippen LogP contribution >= 0.6 is 12.6 Å². The van der Waals surface area contributed by atoms with Gasteiger partial charge in [-0.3, -0.25) is 0 Å². The van der Waals surface area contributed by atoms with Crippen LogP contribution in [0.5, 0.6) is 5.75 Å². The minimum atomic E-state index is 0.109. The Balaban J connectivity index is 3.32. The third-order valence-electron chi connectivity index (χ3n) is 2.32. The summed E-state index contributed by atoms with van der Waals surface area (Å²) in [5.41, 5.74) is 2.46. The van der Waals surface area contributed by atoms with E-state index in [0.717, 1.165) is 16.2 Å². The third kappa shape index (κ3) is 2.24. The lowest BCUT2D eigenvalue weighted by molar-refractivity contribution is 0.408. The molecule has 0 unspecified atom stereocenters. The van der Waals surface area contributed by atoms with Crippen molar-refractivity contribution in [2.45, 2.75) is 38.0 Å². The molecule has 0 bridgehead atoms. The molecule has 0 fully saturated rings. The second kappa shape index (κ2) is 3.85. The van der Waals surface area contributed by atoms with E-state index in [1.807, 2.05) is 6.92 Å². The van der Waals surface area contributed by atoms with E-state index in [9.17, 15) is 0 Å². The second-order valence-electron chi connectivity index (χ2n) is 4.59. The molecule has 0 N–H and O–H groups in total. The van der Waals surface area contributed by atoms with Crippen molar-refractivity contribution in [2.24, 2.45) is 0 Å². The first-order valence-electron chi connectivity index (χ1n) is 4.74. The normalized spacial score (nSPS) is 11.6. The molecular weight excluding hydrogens is 192 g/mol. The summed E-state index contributed by atoms with van der Waals surface area (Å²) in [6, 6.07) is 4.14. The van der Waals surface area contributed by atoms with Crippen LogP contribution in [0.2, 0.25) is 0 Å². The number of ether oxygens (including phenoxy) is 1. The van der Waals surface area contributed by atoms with E-state index in [1.165, 1.54) is 5.56 Å². The topological polar surface area (TPSA) is 9.23 Å². The van der Waals surface area contributed by atoms with Crippen LogP contribution in [0.15, 0.2) is 17.0 Å². The van der Waals surface area contributed by atoms with Crippen molar-refractivity contribution < 1.29 is 4.74 Å². The fourth-order valence-corrected chi connectivity index (χ4v) is 2.09. The highest BCUT2D eigenvalue weighted by Crippen LogP contribution is 2.33. The highest BCUT2D eigenvalue weighted by Gasteiger charge is 2.18. The zero-order chi connectivity index (χ0) is 10.9. The Morgan fingerprint density at radius 2 is 1.79 bits per heavy atom. The van der Waals surface area contributed by atoms with Crippen molar-refractivity contribution in [1.82, 2.24) is 0 Å². The molecule has 0 atom stereocenters. The Morgan fingerprint density at radius 1 is 1.21 bits per heavy atom. The Bertz CT molecular complexity index is 337. The molecule has 0 aliphatic rings. The van der Waals surface area contributed by atoms with Gasteiger partial charge in [0.2, 0.25) is 0 Å². The molecule has 1 nitrogen and oxygen atoms in total. The highest BCUT2D eigenvalue weighted by atomic mass is 32.1. The van der Waals surface area contributed by atoms with Gasteiger partial charge in [-0.15, -0.1) is 12.6 Å². The fourth-order valence-electron chi connectivity index (χ4n) is 1.49. The zero-order valence-electron chi connectivity index (χ0n) is 9.51. The largest absolute Gasteiger partial charge is 0.496 e. The van der Waals surface area contributed by atoms with Gasteiger partial charge >= 0.3 is 0 Å². The van der Waals surface area contributed by atoms with Gasteiger partial charge in [-0.05, 0) is 35.6 Å². The molecule has 0 aromatic heterocycles. The van der Waals surface area contributed by atoms with Gasteiger partial charge < -0.3 is 4.74 Å². The van der Waals surface area contributed by atoms with Crippen LogP contribution in [-0.2, 0) is 5.41 Å². The average molecular weight is 210 g/mol. The number of thiol groups is 1. The molecule has 1 aromatic carbocycles. The second-order valence-corrected chi connectivity index (χ2v) is 5.07. The summed E-state index contributed by atoms with van der Waals surface area (Å²) in [4.78, 5) is 1.04. The van der Waals surface area contributed by atoms with E-state index >= 15 is 0 Å².